The lowest BCUT2D eigenvalue weighted by Crippen LogP contribution is -2.23. The van der Waals surface area contributed by atoms with E-state index in [1.165, 1.54) is 11.6 Å². The molecular formula is C15H13Cl2NO2. The van der Waals surface area contributed by atoms with Crippen LogP contribution in [0.1, 0.15) is 21.5 Å². The molecule has 20 heavy (non-hydrogen) atoms. The molecule has 0 aliphatic heterocycles. The largest absolute Gasteiger partial charge is 0.276 e. The van der Waals surface area contributed by atoms with Crippen molar-refractivity contribution in [1.82, 2.24) is 5.48 Å². The third-order valence-corrected chi connectivity index (χ3v) is 3.25. The first-order chi connectivity index (χ1) is 9.56. The highest BCUT2D eigenvalue weighted by Gasteiger charge is 2.10. The lowest BCUT2D eigenvalue weighted by molar-refractivity contribution is 0.0233. The van der Waals surface area contributed by atoms with Gasteiger partial charge >= 0.3 is 0 Å². The maximum Gasteiger partial charge on any atom is 0.276 e. The molecule has 104 valence electrons. The molecule has 0 aliphatic rings. The van der Waals surface area contributed by atoms with Crippen molar-refractivity contribution in [2.45, 2.75) is 13.5 Å². The average molecular weight is 310 g/mol. The number of rotatable bonds is 4. The molecule has 0 saturated carbocycles. The number of benzene rings is 2. The van der Waals surface area contributed by atoms with Gasteiger partial charge in [-0.2, -0.15) is 0 Å². The minimum Gasteiger partial charge on any atom is -0.269 e. The zero-order chi connectivity index (χ0) is 14.5. The summed E-state index contributed by atoms with van der Waals surface area (Å²) in [4.78, 5) is 17.0. The van der Waals surface area contributed by atoms with Crippen LogP contribution < -0.4 is 5.48 Å². The van der Waals surface area contributed by atoms with Crippen molar-refractivity contribution in [1.29, 1.82) is 0 Å². The van der Waals surface area contributed by atoms with Crippen molar-refractivity contribution in [2.75, 3.05) is 0 Å². The third-order valence-electron chi connectivity index (χ3n) is 2.70. The topological polar surface area (TPSA) is 38.3 Å². The number of halogens is 2. The number of hydroxylamine groups is 1. The molecule has 0 fully saturated rings. The van der Waals surface area contributed by atoms with Crippen LogP contribution >= 0.6 is 23.2 Å². The first-order valence-corrected chi connectivity index (χ1v) is 6.74. The van der Waals surface area contributed by atoms with Crippen LogP contribution in [0.4, 0.5) is 0 Å². The summed E-state index contributed by atoms with van der Waals surface area (Å²) < 4.78 is 0. The fraction of sp³-hybridized carbons (Fsp3) is 0.133. The fourth-order valence-electron chi connectivity index (χ4n) is 1.60. The van der Waals surface area contributed by atoms with Crippen LogP contribution in [-0.2, 0) is 11.4 Å². The molecule has 0 aliphatic carbocycles. The van der Waals surface area contributed by atoms with E-state index < -0.39 is 5.91 Å². The quantitative estimate of drug-likeness (QED) is 0.861. The van der Waals surface area contributed by atoms with Crippen molar-refractivity contribution in [2.24, 2.45) is 0 Å². The molecule has 2 rings (SSSR count). The first kappa shape index (κ1) is 14.9. The molecule has 0 heterocycles. The molecule has 0 spiro atoms. The van der Waals surface area contributed by atoms with Gasteiger partial charge in [-0.05, 0) is 30.7 Å². The van der Waals surface area contributed by atoms with Gasteiger partial charge in [0.1, 0.15) is 0 Å². The lowest BCUT2D eigenvalue weighted by atomic mass is 10.2. The van der Waals surface area contributed by atoms with Gasteiger partial charge in [-0.15, -0.1) is 0 Å². The van der Waals surface area contributed by atoms with Crippen molar-refractivity contribution >= 4 is 29.1 Å². The van der Waals surface area contributed by atoms with E-state index in [2.05, 4.69) is 5.48 Å². The summed E-state index contributed by atoms with van der Waals surface area (Å²) in [6, 6.07) is 12.5. The van der Waals surface area contributed by atoms with E-state index in [-0.39, 0.29) is 11.6 Å². The number of hydrogen-bond donors (Lipinski definition) is 1. The Morgan fingerprint density at radius 1 is 1.15 bits per heavy atom. The second-order valence-corrected chi connectivity index (χ2v) is 5.17. The number of amides is 1. The Kier molecular flexibility index (Phi) is 5.01. The van der Waals surface area contributed by atoms with E-state index >= 15 is 0 Å². The van der Waals surface area contributed by atoms with Gasteiger partial charge < -0.3 is 0 Å². The van der Waals surface area contributed by atoms with Crippen molar-refractivity contribution in [3.63, 3.8) is 0 Å². The summed E-state index contributed by atoms with van der Waals surface area (Å²) in [5, 5.41) is 0.765. The predicted octanol–water partition coefficient (Wildman–Crippen LogP) is 4.16. The first-order valence-electron chi connectivity index (χ1n) is 5.99. The van der Waals surface area contributed by atoms with E-state index in [0.717, 1.165) is 5.56 Å². The molecule has 5 heteroatoms. The molecule has 2 aromatic rings. The van der Waals surface area contributed by atoms with Gasteiger partial charge in [-0.25, -0.2) is 5.48 Å². The standard InChI is InChI=1S/C15H13Cl2NO2/c1-10-2-4-11(5-3-10)9-20-18-15(19)13-7-6-12(16)8-14(13)17/h2-8H,9H2,1H3,(H,18,19). The van der Waals surface area contributed by atoms with E-state index in [9.17, 15) is 4.79 Å². The highest BCUT2D eigenvalue weighted by atomic mass is 35.5. The van der Waals surface area contributed by atoms with Gasteiger partial charge in [0.05, 0.1) is 17.2 Å². The fourth-order valence-corrected chi connectivity index (χ4v) is 2.09. The summed E-state index contributed by atoms with van der Waals surface area (Å²) in [6.07, 6.45) is 0. The van der Waals surface area contributed by atoms with Crippen LogP contribution in [-0.4, -0.2) is 5.91 Å². The summed E-state index contributed by atoms with van der Waals surface area (Å²) in [5.74, 6) is -0.404. The Balaban J connectivity index is 1.90. The van der Waals surface area contributed by atoms with E-state index in [1.807, 2.05) is 31.2 Å². The Morgan fingerprint density at radius 3 is 2.50 bits per heavy atom. The van der Waals surface area contributed by atoms with Gasteiger partial charge in [-0.3, -0.25) is 9.63 Å². The minimum absolute atomic E-state index is 0.286. The summed E-state index contributed by atoms with van der Waals surface area (Å²) in [6.45, 7) is 2.30. The summed E-state index contributed by atoms with van der Waals surface area (Å²) in [7, 11) is 0. The van der Waals surface area contributed by atoms with Gasteiger partial charge in [0, 0.05) is 5.02 Å². The van der Waals surface area contributed by atoms with E-state index in [1.54, 1.807) is 12.1 Å². The van der Waals surface area contributed by atoms with Crippen LogP contribution in [0.25, 0.3) is 0 Å². The zero-order valence-electron chi connectivity index (χ0n) is 10.8. The number of carbonyl (C=O) groups excluding carboxylic acids is 1. The zero-order valence-corrected chi connectivity index (χ0v) is 12.3. The molecule has 1 amide bonds. The van der Waals surface area contributed by atoms with E-state index in [4.69, 9.17) is 28.0 Å². The van der Waals surface area contributed by atoms with Gasteiger partial charge in [0.25, 0.3) is 5.91 Å². The Labute approximate surface area is 127 Å². The van der Waals surface area contributed by atoms with Crippen LogP contribution in [0, 0.1) is 6.92 Å². The molecule has 2 aromatic carbocycles. The van der Waals surface area contributed by atoms with Crippen LogP contribution in [0.3, 0.4) is 0 Å². The van der Waals surface area contributed by atoms with Crippen LogP contribution in [0.2, 0.25) is 10.0 Å². The maximum atomic E-state index is 11.9. The molecule has 0 saturated heterocycles. The molecule has 3 nitrogen and oxygen atoms in total. The normalized spacial score (nSPS) is 10.3. The SMILES string of the molecule is Cc1ccc(CONC(=O)c2ccc(Cl)cc2Cl)cc1. The Hall–Kier alpha value is -1.55. The number of aryl methyl sites for hydroxylation is 1. The molecule has 1 N–H and O–H groups in total. The van der Waals surface area contributed by atoms with E-state index in [0.29, 0.717) is 10.6 Å². The van der Waals surface area contributed by atoms with Gasteiger partial charge in [-0.1, -0.05) is 53.0 Å². The van der Waals surface area contributed by atoms with Crippen LogP contribution in [0.5, 0.6) is 0 Å². The molecule has 0 aromatic heterocycles. The highest BCUT2D eigenvalue weighted by Crippen LogP contribution is 2.20. The maximum absolute atomic E-state index is 11.9. The van der Waals surface area contributed by atoms with Gasteiger partial charge in [0.2, 0.25) is 0 Å². The van der Waals surface area contributed by atoms with Crippen LogP contribution in [0.15, 0.2) is 42.5 Å². The number of hydrogen-bond acceptors (Lipinski definition) is 2. The van der Waals surface area contributed by atoms with Crippen molar-refractivity contribution in [3.8, 4) is 0 Å². The molecular weight excluding hydrogens is 297 g/mol. The smallest absolute Gasteiger partial charge is 0.269 e. The van der Waals surface area contributed by atoms with Crippen molar-refractivity contribution in [3.05, 3.63) is 69.2 Å². The molecule has 0 atom stereocenters. The predicted molar refractivity (Wildman–Crippen MR) is 79.9 cm³/mol. The summed E-state index contributed by atoms with van der Waals surface area (Å²) >= 11 is 11.7. The second-order valence-electron chi connectivity index (χ2n) is 4.33. The summed E-state index contributed by atoms with van der Waals surface area (Å²) in [5.41, 5.74) is 4.82. The second kappa shape index (κ2) is 6.75. The number of carbonyl (C=O) groups is 1. The van der Waals surface area contributed by atoms with Gasteiger partial charge in [0.15, 0.2) is 0 Å². The average Bonchev–Trinajstić information content (AvgIpc) is 2.41. The molecule has 0 radical (unpaired) electrons. The Morgan fingerprint density at radius 2 is 1.85 bits per heavy atom. The minimum atomic E-state index is -0.404. The Bertz CT molecular complexity index is 612. The monoisotopic (exact) mass is 309 g/mol. The lowest BCUT2D eigenvalue weighted by Gasteiger charge is -2.07. The highest BCUT2D eigenvalue weighted by molar-refractivity contribution is 6.36. The number of nitrogens with one attached hydrogen (secondary N) is 1. The third kappa shape index (κ3) is 3.97. The molecule has 0 bridgehead atoms. The molecule has 0 unspecified atom stereocenters. The van der Waals surface area contributed by atoms with Crippen molar-refractivity contribution < 1.29 is 9.63 Å².